The van der Waals surface area contributed by atoms with Crippen LogP contribution >= 0.6 is 0 Å². The molecule has 23 heavy (non-hydrogen) atoms. The van der Waals surface area contributed by atoms with Gasteiger partial charge in [0, 0.05) is 24.7 Å². The quantitative estimate of drug-likeness (QED) is 0.612. The van der Waals surface area contributed by atoms with Crippen molar-refractivity contribution in [2.45, 2.75) is 12.8 Å². The number of benzene rings is 1. The van der Waals surface area contributed by atoms with E-state index in [4.69, 9.17) is 10.5 Å². The van der Waals surface area contributed by atoms with E-state index in [9.17, 15) is 9.59 Å². The average Bonchev–Trinajstić information content (AvgIpc) is 2.99. The van der Waals surface area contributed by atoms with Crippen molar-refractivity contribution in [2.24, 2.45) is 0 Å². The van der Waals surface area contributed by atoms with Crippen LogP contribution in [0.2, 0.25) is 0 Å². The van der Waals surface area contributed by atoms with Crippen LogP contribution in [-0.2, 0) is 9.59 Å². The molecule has 0 saturated carbocycles. The van der Waals surface area contributed by atoms with Gasteiger partial charge in [0.15, 0.2) is 0 Å². The van der Waals surface area contributed by atoms with Crippen molar-refractivity contribution in [1.29, 1.82) is 10.5 Å². The molecule has 1 aromatic rings. The van der Waals surface area contributed by atoms with Gasteiger partial charge in [-0.2, -0.15) is 10.5 Å². The molecule has 0 bridgehead atoms. The fourth-order valence-corrected chi connectivity index (χ4v) is 2.34. The van der Waals surface area contributed by atoms with Crippen LogP contribution in [0.4, 0.5) is 5.69 Å². The Bertz CT molecular complexity index is 679. The van der Waals surface area contributed by atoms with Crippen molar-refractivity contribution in [1.82, 2.24) is 4.90 Å². The van der Waals surface area contributed by atoms with Gasteiger partial charge < -0.3 is 9.80 Å². The van der Waals surface area contributed by atoms with E-state index in [1.165, 1.54) is 6.08 Å². The number of rotatable bonds is 5. The Balaban J connectivity index is 2.02. The summed E-state index contributed by atoms with van der Waals surface area (Å²) in [6, 6.07) is 11.0. The molecule has 0 N–H and O–H groups in total. The minimum Gasteiger partial charge on any atom is -0.313 e. The number of carbonyl (C=O) groups is 2. The maximum atomic E-state index is 11.9. The maximum absolute atomic E-state index is 11.9. The lowest BCUT2D eigenvalue weighted by molar-refractivity contribution is -0.124. The molecular weight excluding hydrogens is 292 g/mol. The van der Waals surface area contributed by atoms with Gasteiger partial charge in [-0.15, -0.1) is 0 Å². The van der Waals surface area contributed by atoms with Crippen molar-refractivity contribution >= 4 is 23.6 Å². The first-order valence-electron chi connectivity index (χ1n) is 7.27. The van der Waals surface area contributed by atoms with Gasteiger partial charge in [-0.05, 0) is 30.2 Å². The number of nitriles is 2. The second-order valence-electron chi connectivity index (χ2n) is 5.08. The molecule has 0 atom stereocenters. The SMILES string of the molecule is N#CCN(CC#N)C(=O)C=Cc1ccc(N2CCCC2=O)cc1. The van der Waals surface area contributed by atoms with Gasteiger partial charge in [0.1, 0.15) is 13.1 Å². The van der Waals surface area contributed by atoms with E-state index in [0.717, 1.165) is 29.1 Å². The molecule has 1 fully saturated rings. The number of nitrogens with zero attached hydrogens (tertiary/aromatic N) is 4. The lowest BCUT2D eigenvalue weighted by Crippen LogP contribution is -2.30. The van der Waals surface area contributed by atoms with Crippen LogP contribution < -0.4 is 4.90 Å². The molecule has 0 spiro atoms. The Kier molecular flexibility index (Phi) is 5.49. The molecule has 0 unspecified atom stereocenters. The molecule has 1 aliphatic heterocycles. The molecular formula is C17H16N4O2. The molecule has 1 aromatic carbocycles. The van der Waals surface area contributed by atoms with Crippen molar-refractivity contribution < 1.29 is 9.59 Å². The van der Waals surface area contributed by atoms with Gasteiger partial charge in [-0.3, -0.25) is 9.59 Å². The average molecular weight is 308 g/mol. The molecule has 0 aromatic heterocycles. The molecule has 1 aliphatic rings. The highest BCUT2D eigenvalue weighted by molar-refractivity contribution is 5.95. The summed E-state index contributed by atoms with van der Waals surface area (Å²) in [7, 11) is 0. The summed E-state index contributed by atoms with van der Waals surface area (Å²) in [6.07, 6.45) is 4.43. The van der Waals surface area contributed by atoms with E-state index in [2.05, 4.69) is 0 Å². The molecule has 2 amide bonds. The van der Waals surface area contributed by atoms with Crippen LogP contribution in [0.25, 0.3) is 6.08 Å². The first-order valence-corrected chi connectivity index (χ1v) is 7.27. The molecule has 1 heterocycles. The van der Waals surface area contributed by atoms with E-state index >= 15 is 0 Å². The zero-order chi connectivity index (χ0) is 16.7. The minimum atomic E-state index is -0.383. The van der Waals surface area contributed by atoms with Crippen LogP contribution in [0.3, 0.4) is 0 Å². The van der Waals surface area contributed by atoms with Crippen molar-refractivity contribution in [3.8, 4) is 12.1 Å². The van der Waals surface area contributed by atoms with E-state index in [0.29, 0.717) is 6.42 Å². The fourth-order valence-electron chi connectivity index (χ4n) is 2.34. The van der Waals surface area contributed by atoms with Gasteiger partial charge in [0.2, 0.25) is 11.8 Å². The van der Waals surface area contributed by atoms with E-state index in [1.807, 2.05) is 36.4 Å². The fraction of sp³-hybridized carbons (Fsp3) is 0.294. The molecule has 6 nitrogen and oxygen atoms in total. The standard InChI is InChI=1S/C17H16N4O2/c18-9-12-20(13-10-19)16(22)8-5-14-3-6-15(7-4-14)21-11-1-2-17(21)23/h3-8H,1-2,11-13H2. The monoisotopic (exact) mass is 308 g/mol. The first kappa shape index (κ1) is 16.3. The third kappa shape index (κ3) is 4.18. The lowest BCUT2D eigenvalue weighted by atomic mass is 10.2. The summed E-state index contributed by atoms with van der Waals surface area (Å²) in [5, 5.41) is 17.3. The molecule has 1 saturated heterocycles. The van der Waals surface area contributed by atoms with E-state index < -0.39 is 0 Å². The second kappa shape index (κ2) is 7.77. The van der Waals surface area contributed by atoms with Crippen LogP contribution in [0.5, 0.6) is 0 Å². The van der Waals surface area contributed by atoms with Gasteiger partial charge in [-0.1, -0.05) is 12.1 Å². The first-order chi connectivity index (χ1) is 11.2. The highest BCUT2D eigenvalue weighted by atomic mass is 16.2. The summed E-state index contributed by atoms with van der Waals surface area (Å²) in [6.45, 7) is 0.503. The third-order valence-corrected chi connectivity index (χ3v) is 3.53. The molecule has 116 valence electrons. The Morgan fingerprint density at radius 2 is 1.87 bits per heavy atom. The molecule has 0 radical (unpaired) electrons. The summed E-state index contributed by atoms with van der Waals surface area (Å²) >= 11 is 0. The van der Waals surface area contributed by atoms with Crippen LogP contribution in [0.15, 0.2) is 30.3 Å². The summed E-state index contributed by atoms with van der Waals surface area (Å²) in [4.78, 5) is 26.5. The van der Waals surface area contributed by atoms with Gasteiger partial charge in [0.05, 0.1) is 12.1 Å². The summed E-state index contributed by atoms with van der Waals surface area (Å²) < 4.78 is 0. The summed E-state index contributed by atoms with van der Waals surface area (Å²) in [5.74, 6) is -0.251. The summed E-state index contributed by atoms with van der Waals surface area (Å²) in [5.41, 5.74) is 1.66. The Hall–Kier alpha value is -3.12. The molecule has 2 rings (SSSR count). The predicted octanol–water partition coefficient (Wildman–Crippen LogP) is 1.70. The Labute approximate surface area is 134 Å². The number of hydrogen-bond donors (Lipinski definition) is 0. The predicted molar refractivity (Wildman–Crippen MR) is 84.9 cm³/mol. The lowest BCUT2D eigenvalue weighted by Gasteiger charge is -2.15. The second-order valence-corrected chi connectivity index (χ2v) is 5.08. The minimum absolute atomic E-state index is 0.118. The Morgan fingerprint density at radius 3 is 2.39 bits per heavy atom. The largest absolute Gasteiger partial charge is 0.313 e. The number of anilines is 1. The van der Waals surface area contributed by atoms with E-state index in [-0.39, 0.29) is 24.9 Å². The van der Waals surface area contributed by atoms with Crippen molar-refractivity contribution in [2.75, 3.05) is 24.5 Å². The van der Waals surface area contributed by atoms with Gasteiger partial charge >= 0.3 is 0 Å². The van der Waals surface area contributed by atoms with Crippen LogP contribution in [-0.4, -0.2) is 36.3 Å². The van der Waals surface area contributed by atoms with Crippen LogP contribution in [0, 0.1) is 22.7 Å². The number of amides is 2. The maximum Gasteiger partial charge on any atom is 0.248 e. The number of hydrogen-bond acceptors (Lipinski definition) is 4. The smallest absolute Gasteiger partial charge is 0.248 e. The van der Waals surface area contributed by atoms with Crippen molar-refractivity contribution in [3.63, 3.8) is 0 Å². The highest BCUT2D eigenvalue weighted by Crippen LogP contribution is 2.21. The molecule has 6 heteroatoms. The Morgan fingerprint density at radius 1 is 1.22 bits per heavy atom. The topological polar surface area (TPSA) is 88.2 Å². The number of carbonyl (C=O) groups excluding carboxylic acids is 2. The van der Waals surface area contributed by atoms with E-state index in [1.54, 1.807) is 11.0 Å². The zero-order valence-corrected chi connectivity index (χ0v) is 12.6. The third-order valence-electron chi connectivity index (χ3n) is 3.53. The highest BCUT2D eigenvalue weighted by Gasteiger charge is 2.21. The van der Waals surface area contributed by atoms with Crippen molar-refractivity contribution in [3.05, 3.63) is 35.9 Å². The van der Waals surface area contributed by atoms with Gasteiger partial charge in [-0.25, -0.2) is 0 Å². The van der Waals surface area contributed by atoms with Gasteiger partial charge in [0.25, 0.3) is 0 Å². The molecule has 0 aliphatic carbocycles. The normalized spacial score (nSPS) is 13.8. The van der Waals surface area contributed by atoms with Crippen LogP contribution in [0.1, 0.15) is 18.4 Å². The zero-order valence-electron chi connectivity index (χ0n) is 12.6.